The highest BCUT2D eigenvalue weighted by atomic mass is 19.1. The standard InChI is InChI=1S/C19H21FN2O2/c1-13(2)15-8-10-16(11-9-15)22(14(3)23)12-19(24)21-18-7-5-4-6-17(18)20/h4-11,13H,12H2,1-3H3,(H,21,24). The van der Waals surface area contributed by atoms with E-state index in [0.717, 1.165) is 5.56 Å². The van der Waals surface area contributed by atoms with Crippen LogP contribution < -0.4 is 10.2 Å². The van der Waals surface area contributed by atoms with Gasteiger partial charge in [0.1, 0.15) is 12.4 Å². The summed E-state index contributed by atoms with van der Waals surface area (Å²) in [7, 11) is 0. The molecule has 0 aliphatic rings. The van der Waals surface area contributed by atoms with Crippen molar-refractivity contribution in [3.05, 3.63) is 59.9 Å². The molecule has 0 fully saturated rings. The molecule has 0 radical (unpaired) electrons. The molecule has 2 amide bonds. The maximum Gasteiger partial charge on any atom is 0.244 e. The van der Waals surface area contributed by atoms with Gasteiger partial charge < -0.3 is 10.2 Å². The number of carbonyl (C=O) groups is 2. The van der Waals surface area contributed by atoms with Crippen molar-refractivity contribution < 1.29 is 14.0 Å². The number of halogens is 1. The first-order chi connectivity index (χ1) is 11.4. The van der Waals surface area contributed by atoms with Crippen molar-refractivity contribution in [3.8, 4) is 0 Å². The third kappa shape index (κ3) is 4.41. The second kappa shape index (κ2) is 7.73. The largest absolute Gasteiger partial charge is 0.322 e. The van der Waals surface area contributed by atoms with Gasteiger partial charge in [0.25, 0.3) is 0 Å². The van der Waals surface area contributed by atoms with Crippen LogP contribution in [0, 0.1) is 5.82 Å². The molecule has 0 unspecified atom stereocenters. The predicted octanol–water partition coefficient (Wildman–Crippen LogP) is 3.94. The van der Waals surface area contributed by atoms with Gasteiger partial charge in [-0.05, 0) is 35.7 Å². The van der Waals surface area contributed by atoms with Gasteiger partial charge in [-0.3, -0.25) is 9.59 Å². The summed E-state index contributed by atoms with van der Waals surface area (Å²) >= 11 is 0. The number of carbonyl (C=O) groups excluding carboxylic acids is 2. The lowest BCUT2D eigenvalue weighted by Crippen LogP contribution is -2.36. The molecule has 2 aromatic carbocycles. The van der Waals surface area contributed by atoms with Crippen LogP contribution in [0.3, 0.4) is 0 Å². The minimum absolute atomic E-state index is 0.0983. The normalized spacial score (nSPS) is 10.5. The minimum Gasteiger partial charge on any atom is -0.322 e. The zero-order valence-corrected chi connectivity index (χ0v) is 14.0. The zero-order valence-electron chi connectivity index (χ0n) is 14.0. The fourth-order valence-electron chi connectivity index (χ4n) is 2.32. The Kier molecular flexibility index (Phi) is 5.68. The number of amides is 2. The average Bonchev–Trinajstić information content (AvgIpc) is 2.54. The predicted molar refractivity (Wildman–Crippen MR) is 93.6 cm³/mol. The number of hydrogen-bond donors (Lipinski definition) is 1. The zero-order chi connectivity index (χ0) is 17.7. The van der Waals surface area contributed by atoms with E-state index in [1.165, 1.54) is 24.0 Å². The number of hydrogen-bond acceptors (Lipinski definition) is 2. The van der Waals surface area contributed by atoms with Gasteiger partial charge in [-0.1, -0.05) is 38.1 Å². The van der Waals surface area contributed by atoms with Gasteiger partial charge in [0.15, 0.2) is 0 Å². The summed E-state index contributed by atoms with van der Waals surface area (Å²) in [6.45, 7) is 5.39. The highest BCUT2D eigenvalue weighted by Crippen LogP contribution is 2.20. The van der Waals surface area contributed by atoms with E-state index < -0.39 is 11.7 Å². The fourth-order valence-corrected chi connectivity index (χ4v) is 2.32. The minimum atomic E-state index is -0.512. The highest BCUT2D eigenvalue weighted by molar-refractivity contribution is 6.01. The molecule has 0 atom stereocenters. The van der Waals surface area contributed by atoms with E-state index in [0.29, 0.717) is 11.6 Å². The number of anilines is 2. The smallest absolute Gasteiger partial charge is 0.244 e. The average molecular weight is 328 g/mol. The molecule has 126 valence electrons. The van der Waals surface area contributed by atoms with E-state index in [4.69, 9.17) is 0 Å². The second-order valence-electron chi connectivity index (χ2n) is 5.88. The van der Waals surface area contributed by atoms with Crippen molar-refractivity contribution in [3.63, 3.8) is 0 Å². The lowest BCUT2D eigenvalue weighted by atomic mass is 10.0. The van der Waals surface area contributed by atoms with Gasteiger partial charge in [-0.15, -0.1) is 0 Å². The first-order valence-electron chi connectivity index (χ1n) is 7.81. The molecule has 0 aliphatic heterocycles. The Labute approximate surface area is 141 Å². The number of para-hydroxylation sites is 1. The van der Waals surface area contributed by atoms with Crippen LogP contribution in [0.4, 0.5) is 15.8 Å². The second-order valence-corrected chi connectivity index (χ2v) is 5.88. The third-order valence-corrected chi connectivity index (χ3v) is 3.70. The lowest BCUT2D eigenvalue weighted by molar-refractivity contribution is -0.120. The Morgan fingerprint density at radius 2 is 1.71 bits per heavy atom. The first kappa shape index (κ1) is 17.7. The van der Waals surface area contributed by atoms with Gasteiger partial charge in [0.2, 0.25) is 11.8 Å². The van der Waals surface area contributed by atoms with Crippen LogP contribution in [0.25, 0.3) is 0 Å². The lowest BCUT2D eigenvalue weighted by Gasteiger charge is -2.21. The molecule has 1 N–H and O–H groups in total. The molecule has 0 spiro atoms. The Morgan fingerprint density at radius 1 is 1.08 bits per heavy atom. The molecule has 24 heavy (non-hydrogen) atoms. The number of nitrogens with one attached hydrogen (secondary N) is 1. The van der Waals surface area contributed by atoms with Gasteiger partial charge in [-0.2, -0.15) is 0 Å². The van der Waals surface area contributed by atoms with E-state index in [1.807, 2.05) is 24.3 Å². The topological polar surface area (TPSA) is 49.4 Å². The van der Waals surface area contributed by atoms with E-state index in [-0.39, 0.29) is 18.1 Å². The summed E-state index contributed by atoms with van der Waals surface area (Å²) in [5.41, 5.74) is 1.88. The summed E-state index contributed by atoms with van der Waals surface area (Å²) < 4.78 is 13.6. The Balaban J connectivity index is 2.12. The van der Waals surface area contributed by atoms with Crippen molar-refractivity contribution in [1.82, 2.24) is 0 Å². The molecule has 0 bridgehead atoms. The summed E-state index contributed by atoms with van der Waals surface area (Å²) in [5, 5.41) is 2.49. The monoisotopic (exact) mass is 328 g/mol. The van der Waals surface area contributed by atoms with Crippen LogP contribution in [0.1, 0.15) is 32.3 Å². The molecular weight excluding hydrogens is 307 g/mol. The van der Waals surface area contributed by atoms with Crippen LogP contribution >= 0.6 is 0 Å². The van der Waals surface area contributed by atoms with E-state index in [1.54, 1.807) is 12.1 Å². The molecule has 4 nitrogen and oxygen atoms in total. The van der Waals surface area contributed by atoms with Gasteiger partial charge in [0.05, 0.1) is 5.69 Å². The van der Waals surface area contributed by atoms with Crippen LogP contribution in [0.2, 0.25) is 0 Å². The molecule has 0 aromatic heterocycles. The molecule has 0 saturated heterocycles. The summed E-state index contributed by atoms with van der Waals surface area (Å²) in [6.07, 6.45) is 0. The summed E-state index contributed by atoms with van der Waals surface area (Å²) in [4.78, 5) is 25.4. The Hall–Kier alpha value is -2.69. The van der Waals surface area contributed by atoms with Crippen molar-refractivity contribution in [1.29, 1.82) is 0 Å². The van der Waals surface area contributed by atoms with Crippen LogP contribution in [0.15, 0.2) is 48.5 Å². The van der Waals surface area contributed by atoms with Crippen molar-refractivity contribution in [2.45, 2.75) is 26.7 Å². The highest BCUT2D eigenvalue weighted by Gasteiger charge is 2.17. The maximum absolute atomic E-state index is 13.6. The van der Waals surface area contributed by atoms with Crippen LogP contribution in [-0.2, 0) is 9.59 Å². The summed E-state index contributed by atoms with van der Waals surface area (Å²) in [5.74, 6) is -0.838. The van der Waals surface area contributed by atoms with Crippen molar-refractivity contribution in [2.75, 3.05) is 16.8 Å². The molecule has 5 heteroatoms. The van der Waals surface area contributed by atoms with Gasteiger partial charge in [0, 0.05) is 12.6 Å². The van der Waals surface area contributed by atoms with E-state index in [2.05, 4.69) is 19.2 Å². The molecule has 2 rings (SSSR count). The molecule has 0 heterocycles. The van der Waals surface area contributed by atoms with Crippen LogP contribution in [0.5, 0.6) is 0 Å². The first-order valence-corrected chi connectivity index (χ1v) is 7.81. The molecular formula is C19H21FN2O2. The van der Waals surface area contributed by atoms with Crippen molar-refractivity contribution in [2.24, 2.45) is 0 Å². The van der Waals surface area contributed by atoms with E-state index in [9.17, 15) is 14.0 Å². The SMILES string of the molecule is CC(=O)N(CC(=O)Nc1ccccc1F)c1ccc(C(C)C)cc1. The number of nitrogens with zero attached hydrogens (tertiary/aromatic N) is 1. The van der Waals surface area contributed by atoms with Gasteiger partial charge >= 0.3 is 0 Å². The Morgan fingerprint density at radius 3 is 2.25 bits per heavy atom. The summed E-state index contributed by atoms with van der Waals surface area (Å²) in [6, 6.07) is 13.4. The fraction of sp³-hybridized carbons (Fsp3) is 0.263. The van der Waals surface area contributed by atoms with Gasteiger partial charge in [-0.25, -0.2) is 4.39 Å². The number of benzene rings is 2. The third-order valence-electron chi connectivity index (χ3n) is 3.70. The molecule has 0 saturated carbocycles. The molecule has 0 aliphatic carbocycles. The van der Waals surface area contributed by atoms with Crippen molar-refractivity contribution >= 4 is 23.2 Å². The quantitative estimate of drug-likeness (QED) is 0.904. The number of rotatable bonds is 5. The molecule has 2 aromatic rings. The van der Waals surface area contributed by atoms with Crippen LogP contribution in [-0.4, -0.2) is 18.4 Å². The van der Waals surface area contributed by atoms with E-state index >= 15 is 0 Å². The Bertz CT molecular complexity index is 726. The maximum atomic E-state index is 13.6.